The molecule has 0 bridgehead atoms. The molecule has 1 aromatic carbocycles. The van der Waals surface area contributed by atoms with Crippen LogP contribution in [-0.4, -0.2) is 46.6 Å². The molecule has 2 aliphatic rings. The average molecular weight is 315 g/mol. The van der Waals surface area contributed by atoms with Gasteiger partial charge < -0.3 is 20.2 Å². The van der Waals surface area contributed by atoms with Gasteiger partial charge in [-0.15, -0.1) is 0 Å². The summed E-state index contributed by atoms with van der Waals surface area (Å²) in [5.41, 5.74) is 2.13. The molecule has 2 amide bonds. The molecule has 0 aromatic heterocycles. The van der Waals surface area contributed by atoms with Crippen molar-refractivity contribution in [3.05, 3.63) is 41.8 Å². The number of nitrogens with one attached hydrogen (secondary N) is 1. The maximum Gasteiger partial charge on any atom is 0.322 e. The molecule has 5 heteroatoms. The SMILES string of the molecule is CC/C=C(/O)N1CCC(N2CCc3ccccc3NC2=O)CC1. The highest BCUT2D eigenvalue weighted by molar-refractivity contribution is 5.91. The fraction of sp³-hybridized carbons (Fsp3) is 0.500. The Morgan fingerprint density at radius 2 is 2.04 bits per heavy atom. The smallest absolute Gasteiger partial charge is 0.322 e. The van der Waals surface area contributed by atoms with Crippen molar-refractivity contribution in [1.29, 1.82) is 0 Å². The lowest BCUT2D eigenvalue weighted by Crippen LogP contribution is -2.48. The van der Waals surface area contributed by atoms with Gasteiger partial charge in [-0.2, -0.15) is 0 Å². The van der Waals surface area contributed by atoms with Crippen LogP contribution in [0.4, 0.5) is 10.5 Å². The number of rotatable bonds is 3. The summed E-state index contributed by atoms with van der Waals surface area (Å²) >= 11 is 0. The quantitative estimate of drug-likeness (QED) is 0.841. The first-order valence-corrected chi connectivity index (χ1v) is 8.48. The van der Waals surface area contributed by atoms with Crippen molar-refractivity contribution >= 4 is 11.7 Å². The van der Waals surface area contributed by atoms with Crippen molar-refractivity contribution in [3.8, 4) is 0 Å². The lowest BCUT2D eigenvalue weighted by atomic mass is 10.0. The Morgan fingerprint density at radius 1 is 1.30 bits per heavy atom. The minimum atomic E-state index is 0.00159. The number of fused-ring (bicyclic) bond motifs is 1. The molecular formula is C18H25N3O2. The van der Waals surface area contributed by atoms with E-state index in [1.54, 1.807) is 0 Å². The monoisotopic (exact) mass is 315 g/mol. The number of anilines is 1. The van der Waals surface area contributed by atoms with Gasteiger partial charge in [0.25, 0.3) is 0 Å². The number of benzene rings is 1. The van der Waals surface area contributed by atoms with Crippen LogP contribution in [0.1, 0.15) is 31.7 Å². The predicted octanol–water partition coefficient (Wildman–Crippen LogP) is 3.35. The third-order valence-corrected chi connectivity index (χ3v) is 4.76. The van der Waals surface area contributed by atoms with E-state index in [4.69, 9.17) is 0 Å². The highest BCUT2D eigenvalue weighted by Gasteiger charge is 2.30. The van der Waals surface area contributed by atoms with Crippen LogP contribution in [0.2, 0.25) is 0 Å². The number of piperidine rings is 1. The summed E-state index contributed by atoms with van der Waals surface area (Å²) in [6, 6.07) is 8.26. The van der Waals surface area contributed by atoms with Gasteiger partial charge in [0, 0.05) is 31.4 Å². The van der Waals surface area contributed by atoms with E-state index in [1.807, 2.05) is 41.0 Å². The lowest BCUT2D eigenvalue weighted by molar-refractivity contribution is 0.114. The largest absolute Gasteiger partial charge is 0.495 e. The van der Waals surface area contributed by atoms with Gasteiger partial charge in [-0.25, -0.2) is 4.79 Å². The number of aliphatic hydroxyl groups is 1. The molecule has 2 heterocycles. The van der Waals surface area contributed by atoms with Crippen molar-refractivity contribution < 1.29 is 9.90 Å². The Kier molecular flexibility index (Phi) is 4.74. The number of urea groups is 1. The zero-order valence-electron chi connectivity index (χ0n) is 13.7. The minimum Gasteiger partial charge on any atom is -0.495 e. The van der Waals surface area contributed by atoms with Crippen molar-refractivity contribution in [1.82, 2.24) is 9.80 Å². The average Bonchev–Trinajstić information content (AvgIpc) is 2.73. The Hall–Kier alpha value is -2.17. The van der Waals surface area contributed by atoms with Gasteiger partial charge in [0.2, 0.25) is 0 Å². The third kappa shape index (κ3) is 3.44. The van der Waals surface area contributed by atoms with Gasteiger partial charge in [0.05, 0.1) is 0 Å². The highest BCUT2D eigenvalue weighted by Crippen LogP contribution is 2.25. The molecule has 2 aliphatic heterocycles. The predicted molar refractivity (Wildman–Crippen MR) is 91.5 cm³/mol. The Balaban J connectivity index is 1.63. The van der Waals surface area contributed by atoms with Crippen LogP contribution in [0.25, 0.3) is 0 Å². The van der Waals surface area contributed by atoms with Crippen LogP contribution >= 0.6 is 0 Å². The second kappa shape index (κ2) is 6.94. The standard InChI is InChI=1S/C18H25N3O2/c1-2-5-17(22)20-11-9-15(10-12-20)21-13-8-14-6-3-4-7-16(14)19-18(21)23/h3-7,15,22H,2,8-13H2,1H3,(H,19,23)/b17-5+. The molecule has 0 saturated carbocycles. The summed E-state index contributed by atoms with van der Waals surface area (Å²) in [6.07, 6.45) is 5.35. The van der Waals surface area contributed by atoms with Crippen molar-refractivity contribution in [2.24, 2.45) is 0 Å². The van der Waals surface area contributed by atoms with Crippen LogP contribution in [0.3, 0.4) is 0 Å². The van der Waals surface area contributed by atoms with Gasteiger partial charge in [-0.05, 0) is 43.4 Å². The normalized spacial score (nSPS) is 20.0. The van der Waals surface area contributed by atoms with Crippen molar-refractivity contribution in [2.45, 2.75) is 38.6 Å². The number of hydrogen-bond acceptors (Lipinski definition) is 3. The first-order chi connectivity index (χ1) is 11.2. The van der Waals surface area contributed by atoms with Crippen LogP contribution in [0, 0.1) is 0 Å². The number of carbonyl (C=O) groups excluding carboxylic acids is 1. The van der Waals surface area contributed by atoms with Gasteiger partial charge >= 0.3 is 6.03 Å². The molecular weight excluding hydrogens is 290 g/mol. The van der Waals surface area contributed by atoms with E-state index in [9.17, 15) is 9.90 Å². The summed E-state index contributed by atoms with van der Waals surface area (Å²) in [6.45, 7) is 4.36. The van der Waals surface area contributed by atoms with Gasteiger partial charge in [-0.3, -0.25) is 0 Å². The number of aliphatic hydroxyl groups excluding tert-OH is 1. The zero-order chi connectivity index (χ0) is 16.2. The Morgan fingerprint density at radius 3 is 2.78 bits per heavy atom. The second-order valence-electron chi connectivity index (χ2n) is 6.22. The fourth-order valence-corrected chi connectivity index (χ4v) is 3.46. The summed E-state index contributed by atoms with van der Waals surface area (Å²) in [5, 5.41) is 13.0. The first kappa shape index (κ1) is 15.7. The van der Waals surface area contributed by atoms with Crippen molar-refractivity contribution in [2.75, 3.05) is 25.0 Å². The third-order valence-electron chi connectivity index (χ3n) is 4.76. The molecule has 3 rings (SSSR count). The van der Waals surface area contributed by atoms with E-state index in [2.05, 4.69) is 11.4 Å². The molecule has 0 atom stereocenters. The second-order valence-corrected chi connectivity index (χ2v) is 6.22. The van der Waals surface area contributed by atoms with Gasteiger partial charge in [0.15, 0.2) is 5.88 Å². The molecule has 23 heavy (non-hydrogen) atoms. The molecule has 5 nitrogen and oxygen atoms in total. The number of nitrogens with zero attached hydrogens (tertiary/aromatic N) is 2. The number of carbonyl (C=O) groups is 1. The van der Waals surface area contributed by atoms with Gasteiger partial charge in [0.1, 0.15) is 0 Å². The molecule has 124 valence electrons. The molecule has 1 fully saturated rings. The number of likely N-dealkylation sites (tertiary alicyclic amines) is 1. The molecule has 1 aromatic rings. The fourth-order valence-electron chi connectivity index (χ4n) is 3.46. The molecule has 0 unspecified atom stereocenters. The maximum atomic E-state index is 12.5. The lowest BCUT2D eigenvalue weighted by Gasteiger charge is -2.38. The van der Waals surface area contributed by atoms with E-state index in [0.717, 1.165) is 51.0 Å². The molecule has 0 radical (unpaired) electrons. The molecule has 2 N–H and O–H groups in total. The van der Waals surface area contributed by atoms with E-state index < -0.39 is 0 Å². The van der Waals surface area contributed by atoms with Crippen LogP contribution in [0.15, 0.2) is 36.2 Å². The topological polar surface area (TPSA) is 55.8 Å². The number of para-hydroxylation sites is 1. The maximum absolute atomic E-state index is 12.5. The molecule has 1 saturated heterocycles. The Bertz CT molecular complexity index is 592. The molecule has 0 spiro atoms. The highest BCUT2D eigenvalue weighted by atomic mass is 16.3. The van der Waals surface area contributed by atoms with E-state index in [1.165, 1.54) is 5.56 Å². The Labute approximate surface area is 137 Å². The van der Waals surface area contributed by atoms with Gasteiger partial charge in [-0.1, -0.05) is 25.1 Å². The summed E-state index contributed by atoms with van der Waals surface area (Å²) in [4.78, 5) is 16.5. The number of allylic oxidation sites excluding steroid dienone is 1. The van der Waals surface area contributed by atoms with E-state index in [-0.39, 0.29) is 12.1 Å². The first-order valence-electron chi connectivity index (χ1n) is 8.48. The van der Waals surface area contributed by atoms with Crippen molar-refractivity contribution in [3.63, 3.8) is 0 Å². The van der Waals surface area contributed by atoms with Crippen LogP contribution < -0.4 is 5.32 Å². The summed E-state index contributed by atoms with van der Waals surface area (Å²) < 4.78 is 0. The number of amides is 2. The summed E-state index contributed by atoms with van der Waals surface area (Å²) in [7, 11) is 0. The summed E-state index contributed by atoms with van der Waals surface area (Å²) in [5.74, 6) is 0.374. The van der Waals surface area contributed by atoms with Crippen LogP contribution in [0.5, 0.6) is 0 Å². The minimum absolute atomic E-state index is 0.00159. The van der Waals surface area contributed by atoms with E-state index in [0.29, 0.717) is 5.88 Å². The molecule has 0 aliphatic carbocycles. The van der Waals surface area contributed by atoms with E-state index >= 15 is 0 Å². The van der Waals surface area contributed by atoms with Crippen LogP contribution in [-0.2, 0) is 6.42 Å². The number of hydrogen-bond donors (Lipinski definition) is 2. The zero-order valence-corrected chi connectivity index (χ0v) is 13.7.